The van der Waals surface area contributed by atoms with Crippen molar-refractivity contribution >= 4 is 0 Å². The van der Waals surface area contributed by atoms with Gasteiger partial charge in [0.15, 0.2) is 0 Å². The molecule has 0 saturated carbocycles. The molecule has 0 saturated heterocycles. The molecule has 1 rings (SSSR count). The predicted molar refractivity (Wildman–Crippen MR) is 36.7 cm³/mol. The van der Waals surface area contributed by atoms with Crippen molar-refractivity contribution in [3.63, 3.8) is 0 Å². The molecular formula is C7H5F5N2. The Balaban J connectivity index is 2.84. The van der Waals surface area contributed by atoms with Gasteiger partial charge in [-0.3, -0.25) is 0 Å². The first-order valence-corrected chi connectivity index (χ1v) is 3.55. The van der Waals surface area contributed by atoms with Crippen LogP contribution in [0.15, 0.2) is 12.3 Å². The first-order chi connectivity index (χ1) is 6.38. The summed E-state index contributed by atoms with van der Waals surface area (Å²) < 4.78 is 59.4. The fraction of sp³-hybridized carbons (Fsp3) is 0.429. The van der Waals surface area contributed by atoms with Crippen molar-refractivity contribution in [3.05, 3.63) is 23.8 Å². The summed E-state index contributed by atoms with van der Waals surface area (Å²) in [6.07, 6.45) is -7.88. The fourth-order valence-corrected chi connectivity index (χ4v) is 0.801. The van der Waals surface area contributed by atoms with Crippen LogP contribution in [-0.4, -0.2) is 16.1 Å². The lowest BCUT2D eigenvalue weighted by Crippen LogP contribution is -2.14. The molecule has 0 amide bonds. The van der Waals surface area contributed by atoms with Crippen molar-refractivity contribution in [2.75, 3.05) is 0 Å². The number of alkyl halides is 5. The Morgan fingerprint density at radius 2 is 1.93 bits per heavy atom. The lowest BCUT2D eigenvalue weighted by Gasteiger charge is -2.05. The lowest BCUT2D eigenvalue weighted by atomic mass is 10.3. The lowest BCUT2D eigenvalue weighted by molar-refractivity contribution is -0.128. The normalized spacial score (nSPS) is 12.1. The van der Waals surface area contributed by atoms with Crippen molar-refractivity contribution in [2.45, 2.75) is 19.0 Å². The molecule has 2 nitrogen and oxygen atoms in total. The zero-order chi connectivity index (χ0) is 10.8. The van der Waals surface area contributed by atoms with Crippen LogP contribution in [0.5, 0.6) is 0 Å². The van der Waals surface area contributed by atoms with Gasteiger partial charge in [-0.2, -0.15) is 13.2 Å². The first kappa shape index (κ1) is 10.8. The molecule has 0 spiro atoms. The second kappa shape index (κ2) is 3.85. The minimum Gasteiger partial charge on any atom is -0.241 e. The molecule has 0 aliphatic carbocycles. The van der Waals surface area contributed by atoms with E-state index in [0.717, 1.165) is 12.3 Å². The highest BCUT2D eigenvalue weighted by atomic mass is 19.4. The van der Waals surface area contributed by atoms with Crippen molar-refractivity contribution in [2.24, 2.45) is 0 Å². The van der Waals surface area contributed by atoms with E-state index in [2.05, 4.69) is 9.97 Å². The number of rotatable bonds is 2. The van der Waals surface area contributed by atoms with Gasteiger partial charge in [0.1, 0.15) is 17.9 Å². The summed E-state index contributed by atoms with van der Waals surface area (Å²) in [5.74, 6) is -0.643. The van der Waals surface area contributed by atoms with Crippen LogP contribution >= 0.6 is 0 Å². The average Bonchev–Trinajstić information content (AvgIpc) is 2.01. The third-order valence-corrected chi connectivity index (χ3v) is 1.31. The van der Waals surface area contributed by atoms with Crippen LogP contribution in [0.3, 0.4) is 0 Å². The number of aromatic nitrogens is 2. The van der Waals surface area contributed by atoms with E-state index in [-0.39, 0.29) is 0 Å². The van der Waals surface area contributed by atoms with Crippen molar-refractivity contribution in [3.8, 4) is 0 Å². The van der Waals surface area contributed by atoms with E-state index in [0.29, 0.717) is 0 Å². The summed E-state index contributed by atoms with van der Waals surface area (Å²) in [6.45, 7) is 0. The third kappa shape index (κ3) is 3.23. The van der Waals surface area contributed by atoms with E-state index in [1.807, 2.05) is 0 Å². The molecule has 0 N–H and O–H groups in total. The molecule has 0 atom stereocenters. The van der Waals surface area contributed by atoms with Crippen LogP contribution in [0.4, 0.5) is 22.0 Å². The molecule has 1 aromatic heterocycles. The second-order valence-electron chi connectivity index (χ2n) is 2.49. The molecule has 14 heavy (non-hydrogen) atoms. The van der Waals surface area contributed by atoms with Gasteiger partial charge >= 0.3 is 6.18 Å². The predicted octanol–water partition coefficient (Wildman–Crippen LogP) is 2.52. The van der Waals surface area contributed by atoms with Crippen LogP contribution in [0.2, 0.25) is 0 Å². The molecule has 0 fully saturated rings. The van der Waals surface area contributed by atoms with Crippen LogP contribution < -0.4 is 0 Å². The largest absolute Gasteiger partial charge is 0.396 e. The molecule has 0 radical (unpaired) electrons. The van der Waals surface area contributed by atoms with Gasteiger partial charge in [-0.05, 0) is 6.07 Å². The van der Waals surface area contributed by atoms with Crippen LogP contribution in [0, 0.1) is 0 Å². The van der Waals surface area contributed by atoms with Gasteiger partial charge in [-0.15, -0.1) is 0 Å². The number of nitrogens with zero attached hydrogens (tertiary/aromatic N) is 2. The highest BCUT2D eigenvalue weighted by molar-refractivity contribution is 5.04. The van der Waals surface area contributed by atoms with Gasteiger partial charge in [0, 0.05) is 6.20 Å². The number of hydrogen-bond donors (Lipinski definition) is 0. The standard InChI is InChI=1S/C7H5F5N2/c8-6(9)4-1-2-13-5(14-4)3-7(10,11)12/h1-2,6H,3H2. The maximum absolute atomic E-state index is 12.0. The van der Waals surface area contributed by atoms with E-state index >= 15 is 0 Å². The summed E-state index contributed by atoms with van der Waals surface area (Å²) in [5, 5.41) is 0. The smallest absolute Gasteiger partial charge is 0.241 e. The Morgan fingerprint density at radius 1 is 1.29 bits per heavy atom. The maximum atomic E-state index is 12.0. The molecular weight excluding hydrogens is 207 g/mol. The van der Waals surface area contributed by atoms with Crippen molar-refractivity contribution in [1.29, 1.82) is 0 Å². The van der Waals surface area contributed by atoms with Crippen LogP contribution in [-0.2, 0) is 6.42 Å². The van der Waals surface area contributed by atoms with Crippen molar-refractivity contribution in [1.82, 2.24) is 9.97 Å². The molecule has 0 unspecified atom stereocenters. The fourth-order valence-electron chi connectivity index (χ4n) is 0.801. The Kier molecular flexibility index (Phi) is 2.97. The molecule has 7 heteroatoms. The molecule has 1 aromatic rings. The Bertz CT molecular complexity index is 309. The minimum absolute atomic E-state index is 0.643. The monoisotopic (exact) mass is 212 g/mol. The van der Waals surface area contributed by atoms with E-state index in [1.165, 1.54) is 0 Å². The van der Waals surface area contributed by atoms with Crippen LogP contribution in [0.1, 0.15) is 17.9 Å². The molecule has 78 valence electrons. The van der Waals surface area contributed by atoms with Crippen LogP contribution in [0.25, 0.3) is 0 Å². The molecule has 0 aliphatic rings. The summed E-state index contributed by atoms with van der Waals surface area (Å²) >= 11 is 0. The molecule has 0 aliphatic heterocycles. The summed E-state index contributed by atoms with van der Waals surface area (Å²) in [5.41, 5.74) is -0.695. The minimum atomic E-state index is -4.49. The summed E-state index contributed by atoms with van der Waals surface area (Å²) in [7, 11) is 0. The highest BCUT2D eigenvalue weighted by Gasteiger charge is 2.29. The Morgan fingerprint density at radius 3 is 2.43 bits per heavy atom. The van der Waals surface area contributed by atoms with Gasteiger partial charge in [0.2, 0.25) is 0 Å². The second-order valence-corrected chi connectivity index (χ2v) is 2.49. The zero-order valence-electron chi connectivity index (χ0n) is 6.72. The van der Waals surface area contributed by atoms with E-state index in [9.17, 15) is 22.0 Å². The quantitative estimate of drug-likeness (QED) is 0.704. The van der Waals surface area contributed by atoms with E-state index < -0.39 is 30.5 Å². The van der Waals surface area contributed by atoms with Gasteiger partial charge in [-0.1, -0.05) is 0 Å². The Labute approximate surface area is 75.8 Å². The molecule has 1 heterocycles. The highest BCUT2D eigenvalue weighted by Crippen LogP contribution is 2.21. The van der Waals surface area contributed by atoms with Gasteiger partial charge in [-0.25, -0.2) is 18.7 Å². The number of hydrogen-bond acceptors (Lipinski definition) is 2. The zero-order valence-corrected chi connectivity index (χ0v) is 6.72. The van der Waals surface area contributed by atoms with Crippen molar-refractivity contribution < 1.29 is 22.0 Å². The maximum Gasteiger partial charge on any atom is 0.396 e. The van der Waals surface area contributed by atoms with E-state index in [1.54, 1.807) is 0 Å². The summed E-state index contributed by atoms with van der Waals surface area (Å²) in [6, 6.07) is 0.880. The molecule has 0 aromatic carbocycles. The van der Waals surface area contributed by atoms with E-state index in [4.69, 9.17) is 0 Å². The Hall–Kier alpha value is -1.27. The van der Waals surface area contributed by atoms with Gasteiger partial charge < -0.3 is 0 Å². The number of halogens is 5. The topological polar surface area (TPSA) is 25.8 Å². The van der Waals surface area contributed by atoms with Gasteiger partial charge in [0.05, 0.1) is 0 Å². The average molecular weight is 212 g/mol. The third-order valence-electron chi connectivity index (χ3n) is 1.31. The van der Waals surface area contributed by atoms with Gasteiger partial charge in [0.25, 0.3) is 6.43 Å². The first-order valence-electron chi connectivity index (χ1n) is 3.55. The summed E-state index contributed by atoms with van der Waals surface area (Å²) in [4.78, 5) is 6.32. The molecule has 0 bridgehead atoms. The SMILES string of the molecule is FC(F)c1ccnc(CC(F)(F)F)n1.